The lowest BCUT2D eigenvalue weighted by Crippen LogP contribution is -2.31. The van der Waals surface area contributed by atoms with Crippen molar-refractivity contribution in [2.24, 2.45) is 0 Å². The Hall–Kier alpha value is -2.40. The Morgan fingerprint density at radius 2 is 1.83 bits per heavy atom. The Morgan fingerprint density at radius 1 is 1.00 bits per heavy atom. The number of ether oxygens (including phenoxy) is 4. The van der Waals surface area contributed by atoms with Crippen LogP contribution in [0, 0.1) is 0 Å². The fraction of sp³-hybridized carbons (Fsp3) is 0.333. The zero-order valence-electron chi connectivity index (χ0n) is 13.2. The van der Waals surface area contributed by atoms with Crippen molar-refractivity contribution in [1.82, 2.24) is 5.32 Å². The molecule has 2 aliphatic heterocycles. The molecule has 0 saturated heterocycles. The standard InChI is InChI=1S/C18H19NO4/c1-20-16-7-11-5-6-19-18(14(11)9-17(16)21-2)13-4-3-12-8-15(13)23-10-22-12/h3-4,7-9,18-19H,5-6,10H2,1-2H3. The average molecular weight is 313 g/mol. The second-order valence-corrected chi connectivity index (χ2v) is 5.65. The summed E-state index contributed by atoms with van der Waals surface area (Å²) < 4.78 is 21.9. The van der Waals surface area contributed by atoms with E-state index >= 15 is 0 Å². The van der Waals surface area contributed by atoms with Crippen LogP contribution in [0.2, 0.25) is 0 Å². The van der Waals surface area contributed by atoms with E-state index in [1.807, 2.05) is 12.1 Å². The normalized spacial score (nSPS) is 18.4. The quantitative estimate of drug-likeness (QED) is 0.944. The maximum Gasteiger partial charge on any atom is 0.230 e. The highest BCUT2D eigenvalue weighted by molar-refractivity contribution is 5.54. The highest BCUT2D eigenvalue weighted by Crippen LogP contribution is 2.41. The Kier molecular flexibility index (Phi) is 3.50. The second kappa shape index (κ2) is 5.66. The Bertz CT molecular complexity index is 744. The minimum Gasteiger partial charge on any atom is -0.493 e. The van der Waals surface area contributed by atoms with E-state index in [0.717, 1.165) is 41.5 Å². The van der Waals surface area contributed by atoms with Crippen LogP contribution < -0.4 is 24.3 Å². The predicted molar refractivity (Wildman–Crippen MR) is 85.7 cm³/mol. The van der Waals surface area contributed by atoms with Gasteiger partial charge in [-0.25, -0.2) is 0 Å². The molecular weight excluding hydrogens is 294 g/mol. The van der Waals surface area contributed by atoms with E-state index in [1.54, 1.807) is 14.2 Å². The van der Waals surface area contributed by atoms with Crippen molar-refractivity contribution >= 4 is 0 Å². The monoisotopic (exact) mass is 313 g/mol. The highest BCUT2D eigenvalue weighted by atomic mass is 16.7. The molecule has 1 atom stereocenters. The summed E-state index contributed by atoms with van der Waals surface area (Å²) in [7, 11) is 3.33. The number of hydrogen-bond acceptors (Lipinski definition) is 5. The van der Waals surface area contributed by atoms with Gasteiger partial charge in [-0.15, -0.1) is 0 Å². The van der Waals surface area contributed by atoms with E-state index in [9.17, 15) is 0 Å². The maximum atomic E-state index is 5.66. The molecule has 0 aromatic heterocycles. The minimum absolute atomic E-state index is 0.0701. The first-order valence-electron chi connectivity index (χ1n) is 7.68. The van der Waals surface area contributed by atoms with E-state index in [1.165, 1.54) is 11.1 Å². The highest BCUT2D eigenvalue weighted by Gasteiger charge is 2.27. The van der Waals surface area contributed by atoms with Crippen molar-refractivity contribution in [2.45, 2.75) is 12.5 Å². The van der Waals surface area contributed by atoms with Gasteiger partial charge in [-0.05, 0) is 41.8 Å². The molecule has 2 heterocycles. The summed E-state index contributed by atoms with van der Waals surface area (Å²) in [4.78, 5) is 0. The molecule has 0 aliphatic carbocycles. The fourth-order valence-corrected chi connectivity index (χ4v) is 3.29. The fourth-order valence-electron chi connectivity index (χ4n) is 3.29. The van der Waals surface area contributed by atoms with Crippen LogP contribution in [0.15, 0.2) is 30.3 Å². The van der Waals surface area contributed by atoms with Crippen molar-refractivity contribution in [3.8, 4) is 23.0 Å². The smallest absolute Gasteiger partial charge is 0.230 e. The van der Waals surface area contributed by atoms with Gasteiger partial charge < -0.3 is 24.3 Å². The SMILES string of the molecule is COc1cc2c(cc1OC)C(c1ccc3cc1OCO3)NCC2. The van der Waals surface area contributed by atoms with Gasteiger partial charge in [-0.1, -0.05) is 0 Å². The lowest BCUT2D eigenvalue weighted by atomic mass is 9.89. The van der Waals surface area contributed by atoms with Gasteiger partial charge in [0, 0.05) is 18.2 Å². The molecule has 120 valence electrons. The van der Waals surface area contributed by atoms with Gasteiger partial charge in [-0.3, -0.25) is 0 Å². The molecule has 2 bridgehead atoms. The molecular formula is C18H19NO4. The summed E-state index contributed by atoms with van der Waals surface area (Å²) in [6.07, 6.45) is 0.962. The number of fused-ring (bicyclic) bond motifs is 3. The molecule has 1 N–H and O–H groups in total. The lowest BCUT2D eigenvalue weighted by molar-refractivity contribution is 0.104. The minimum atomic E-state index is 0.0701. The Morgan fingerprint density at radius 3 is 2.65 bits per heavy atom. The van der Waals surface area contributed by atoms with Gasteiger partial charge in [0.15, 0.2) is 11.5 Å². The van der Waals surface area contributed by atoms with Crippen molar-refractivity contribution in [1.29, 1.82) is 0 Å². The zero-order valence-corrected chi connectivity index (χ0v) is 13.2. The Balaban J connectivity index is 1.81. The zero-order chi connectivity index (χ0) is 15.8. The van der Waals surface area contributed by atoms with E-state index in [0.29, 0.717) is 0 Å². The van der Waals surface area contributed by atoms with Crippen molar-refractivity contribution in [3.05, 3.63) is 47.0 Å². The molecule has 4 rings (SSSR count). The van der Waals surface area contributed by atoms with Gasteiger partial charge >= 0.3 is 0 Å². The number of rotatable bonds is 3. The predicted octanol–water partition coefficient (Wildman–Crippen LogP) is 2.67. The second-order valence-electron chi connectivity index (χ2n) is 5.65. The first-order chi connectivity index (χ1) is 11.3. The van der Waals surface area contributed by atoms with Crippen LogP contribution in [0.3, 0.4) is 0 Å². The van der Waals surface area contributed by atoms with Crippen molar-refractivity contribution in [3.63, 3.8) is 0 Å². The van der Waals surface area contributed by atoms with E-state index in [2.05, 4.69) is 23.5 Å². The van der Waals surface area contributed by atoms with Gasteiger partial charge in [0.2, 0.25) is 6.79 Å². The molecule has 0 saturated carbocycles. The Labute approximate surface area is 135 Å². The van der Waals surface area contributed by atoms with Crippen LogP contribution in [0.5, 0.6) is 23.0 Å². The third-order valence-electron chi connectivity index (χ3n) is 4.44. The number of nitrogens with one attached hydrogen (secondary N) is 1. The lowest BCUT2D eigenvalue weighted by Gasteiger charge is -2.30. The number of benzene rings is 2. The molecule has 0 spiro atoms. The van der Waals surface area contributed by atoms with Gasteiger partial charge in [-0.2, -0.15) is 0 Å². The third-order valence-corrected chi connectivity index (χ3v) is 4.44. The molecule has 1 unspecified atom stereocenters. The summed E-state index contributed by atoms with van der Waals surface area (Å²) >= 11 is 0. The topological polar surface area (TPSA) is 49.0 Å². The van der Waals surface area contributed by atoms with Gasteiger partial charge in [0.25, 0.3) is 0 Å². The van der Waals surface area contributed by atoms with Crippen LogP contribution in [0.4, 0.5) is 0 Å². The van der Waals surface area contributed by atoms with Crippen LogP contribution in [-0.4, -0.2) is 27.6 Å². The largest absolute Gasteiger partial charge is 0.493 e. The molecule has 0 fully saturated rings. The van der Waals surface area contributed by atoms with Crippen LogP contribution >= 0.6 is 0 Å². The molecule has 23 heavy (non-hydrogen) atoms. The molecule has 2 aliphatic rings. The molecule has 0 radical (unpaired) electrons. The average Bonchev–Trinajstić information content (AvgIpc) is 2.60. The summed E-state index contributed by atoms with van der Waals surface area (Å²) in [5.41, 5.74) is 3.59. The van der Waals surface area contributed by atoms with E-state index in [4.69, 9.17) is 18.9 Å². The first-order valence-corrected chi connectivity index (χ1v) is 7.68. The van der Waals surface area contributed by atoms with Crippen molar-refractivity contribution < 1.29 is 18.9 Å². The summed E-state index contributed by atoms with van der Waals surface area (Å²) in [5, 5.41) is 3.58. The van der Waals surface area contributed by atoms with Crippen molar-refractivity contribution in [2.75, 3.05) is 27.6 Å². The van der Waals surface area contributed by atoms with Crippen LogP contribution in [-0.2, 0) is 6.42 Å². The molecule has 2 aromatic carbocycles. The maximum absolute atomic E-state index is 5.66. The first kappa shape index (κ1) is 14.2. The van der Waals surface area contributed by atoms with Crippen LogP contribution in [0.1, 0.15) is 22.7 Å². The summed E-state index contributed by atoms with van der Waals surface area (Å²) in [6, 6.07) is 10.2. The molecule has 2 aromatic rings. The van der Waals surface area contributed by atoms with Gasteiger partial charge in [0.05, 0.1) is 20.3 Å². The van der Waals surface area contributed by atoms with E-state index in [-0.39, 0.29) is 12.8 Å². The molecule has 5 heteroatoms. The van der Waals surface area contributed by atoms with E-state index < -0.39 is 0 Å². The number of hydrogen-bond donors (Lipinski definition) is 1. The molecule has 5 nitrogen and oxygen atoms in total. The van der Waals surface area contributed by atoms with Crippen LogP contribution in [0.25, 0.3) is 0 Å². The summed E-state index contributed by atoms with van der Waals surface area (Å²) in [5.74, 6) is 3.23. The molecule has 0 amide bonds. The third kappa shape index (κ3) is 2.37. The van der Waals surface area contributed by atoms with Gasteiger partial charge in [0.1, 0.15) is 11.5 Å². The summed E-state index contributed by atoms with van der Waals surface area (Å²) in [6.45, 7) is 1.17. The number of methoxy groups -OCH3 is 2.